The zero-order valence-electron chi connectivity index (χ0n) is 10.4. The Labute approximate surface area is 108 Å². The van der Waals surface area contributed by atoms with Crippen molar-refractivity contribution in [1.29, 1.82) is 0 Å². The molecule has 0 saturated carbocycles. The fraction of sp³-hybridized carbons (Fsp3) is 0.538. The Morgan fingerprint density at radius 2 is 2.00 bits per heavy atom. The van der Waals surface area contributed by atoms with Crippen LogP contribution >= 0.6 is 11.6 Å². The summed E-state index contributed by atoms with van der Waals surface area (Å²) < 4.78 is 5.13. The summed E-state index contributed by atoms with van der Waals surface area (Å²) in [6, 6.07) is 8.15. The topological polar surface area (TPSA) is 47.3 Å². The van der Waals surface area contributed by atoms with Gasteiger partial charge in [-0.3, -0.25) is 11.3 Å². The van der Waals surface area contributed by atoms with Crippen LogP contribution in [0.2, 0.25) is 5.02 Å². The van der Waals surface area contributed by atoms with Gasteiger partial charge in [-0.25, -0.2) is 0 Å². The molecule has 0 heterocycles. The molecule has 0 aliphatic heterocycles. The largest absolute Gasteiger partial charge is 0.384 e. The Balaban J connectivity index is 2.48. The molecule has 0 saturated heterocycles. The molecule has 1 aromatic carbocycles. The van der Waals surface area contributed by atoms with Gasteiger partial charge in [0.1, 0.15) is 0 Å². The van der Waals surface area contributed by atoms with Crippen molar-refractivity contribution >= 4 is 11.6 Å². The second-order valence-electron chi connectivity index (χ2n) is 4.49. The summed E-state index contributed by atoms with van der Waals surface area (Å²) in [6.45, 7) is 2.93. The molecule has 96 valence electrons. The molecule has 1 rings (SSSR count). The van der Waals surface area contributed by atoms with Gasteiger partial charge >= 0.3 is 0 Å². The van der Waals surface area contributed by atoms with Crippen LogP contribution in [0, 0.1) is 5.92 Å². The van der Waals surface area contributed by atoms with E-state index in [0.29, 0.717) is 5.92 Å². The molecule has 0 bridgehead atoms. The molecule has 0 aliphatic rings. The number of hydrogen-bond acceptors (Lipinski definition) is 3. The Morgan fingerprint density at radius 1 is 1.35 bits per heavy atom. The van der Waals surface area contributed by atoms with Crippen LogP contribution in [-0.4, -0.2) is 19.8 Å². The van der Waals surface area contributed by atoms with E-state index in [1.807, 2.05) is 24.3 Å². The molecule has 17 heavy (non-hydrogen) atoms. The minimum Gasteiger partial charge on any atom is -0.384 e. The number of ether oxygens (including phenoxy) is 1. The monoisotopic (exact) mass is 256 g/mol. The third-order valence-electron chi connectivity index (χ3n) is 2.77. The van der Waals surface area contributed by atoms with Crippen molar-refractivity contribution in [2.75, 3.05) is 13.7 Å². The van der Waals surface area contributed by atoms with E-state index in [9.17, 15) is 0 Å². The van der Waals surface area contributed by atoms with Crippen LogP contribution in [0.15, 0.2) is 24.3 Å². The zero-order valence-corrected chi connectivity index (χ0v) is 11.2. The Hall–Kier alpha value is -0.610. The van der Waals surface area contributed by atoms with Crippen LogP contribution in [0.5, 0.6) is 0 Å². The molecule has 0 aromatic heterocycles. The highest BCUT2D eigenvalue weighted by Crippen LogP contribution is 2.14. The maximum atomic E-state index is 5.85. The highest BCUT2D eigenvalue weighted by molar-refractivity contribution is 6.30. The van der Waals surface area contributed by atoms with E-state index in [4.69, 9.17) is 22.2 Å². The van der Waals surface area contributed by atoms with Gasteiger partial charge in [-0.1, -0.05) is 30.7 Å². The summed E-state index contributed by atoms with van der Waals surface area (Å²) in [5, 5.41) is 0.763. The van der Waals surface area contributed by atoms with Gasteiger partial charge in [-0.05, 0) is 36.5 Å². The first kappa shape index (κ1) is 14.5. The van der Waals surface area contributed by atoms with Crippen molar-refractivity contribution in [2.45, 2.75) is 25.8 Å². The van der Waals surface area contributed by atoms with Gasteiger partial charge in [0.15, 0.2) is 0 Å². The molecule has 3 N–H and O–H groups in total. The van der Waals surface area contributed by atoms with Crippen molar-refractivity contribution in [3.63, 3.8) is 0 Å². The fourth-order valence-electron chi connectivity index (χ4n) is 1.95. The number of halogens is 1. The van der Waals surface area contributed by atoms with Gasteiger partial charge in [0.2, 0.25) is 0 Å². The molecule has 4 heteroatoms. The molecule has 0 fully saturated rings. The molecule has 2 atom stereocenters. The van der Waals surface area contributed by atoms with Gasteiger partial charge < -0.3 is 4.74 Å². The van der Waals surface area contributed by atoms with Gasteiger partial charge in [0.25, 0.3) is 0 Å². The third-order valence-corrected chi connectivity index (χ3v) is 3.02. The van der Waals surface area contributed by atoms with E-state index in [-0.39, 0.29) is 6.04 Å². The molecule has 1 aromatic rings. The smallest absolute Gasteiger partial charge is 0.0488 e. The van der Waals surface area contributed by atoms with Crippen LogP contribution in [0.3, 0.4) is 0 Å². The summed E-state index contributed by atoms with van der Waals surface area (Å²) in [6.07, 6.45) is 1.90. The molecular formula is C13H21ClN2O. The van der Waals surface area contributed by atoms with Gasteiger partial charge in [0.05, 0.1) is 0 Å². The Bertz CT molecular complexity index is 316. The van der Waals surface area contributed by atoms with E-state index in [0.717, 1.165) is 24.5 Å². The first-order valence-corrected chi connectivity index (χ1v) is 6.23. The number of nitrogens with two attached hydrogens (primary N) is 1. The lowest BCUT2D eigenvalue weighted by Crippen LogP contribution is -2.38. The first-order valence-electron chi connectivity index (χ1n) is 5.85. The minimum absolute atomic E-state index is 0.265. The molecule has 0 amide bonds. The van der Waals surface area contributed by atoms with Crippen LogP contribution in [0.25, 0.3) is 0 Å². The predicted molar refractivity (Wildman–Crippen MR) is 71.9 cm³/mol. The number of hydrogen-bond donors (Lipinski definition) is 2. The molecule has 3 nitrogen and oxygen atoms in total. The molecule has 0 spiro atoms. The number of hydrazine groups is 1. The summed E-state index contributed by atoms with van der Waals surface area (Å²) in [7, 11) is 1.72. The minimum atomic E-state index is 0.265. The lowest BCUT2D eigenvalue weighted by atomic mass is 9.97. The van der Waals surface area contributed by atoms with Crippen LogP contribution in [0.4, 0.5) is 0 Å². The van der Waals surface area contributed by atoms with Crippen LogP contribution in [0.1, 0.15) is 18.9 Å². The van der Waals surface area contributed by atoms with Crippen LogP contribution in [-0.2, 0) is 11.2 Å². The molecule has 2 unspecified atom stereocenters. The molecular weight excluding hydrogens is 236 g/mol. The van der Waals surface area contributed by atoms with Crippen LogP contribution < -0.4 is 11.3 Å². The molecule has 0 aliphatic carbocycles. The van der Waals surface area contributed by atoms with Gasteiger partial charge in [-0.2, -0.15) is 0 Å². The second-order valence-corrected chi connectivity index (χ2v) is 4.93. The summed E-state index contributed by atoms with van der Waals surface area (Å²) >= 11 is 5.85. The summed E-state index contributed by atoms with van der Waals surface area (Å²) in [4.78, 5) is 0. The average Bonchev–Trinajstić information content (AvgIpc) is 2.31. The number of rotatable bonds is 7. The van der Waals surface area contributed by atoms with E-state index in [2.05, 4.69) is 12.3 Å². The average molecular weight is 257 g/mol. The third kappa shape index (κ3) is 5.50. The first-order chi connectivity index (χ1) is 8.15. The van der Waals surface area contributed by atoms with Gasteiger partial charge in [0, 0.05) is 24.8 Å². The number of benzene rings is 1. The lowest BCUT2D eigenvalue weighted by Gasteiger charge is -2.20. The van der Waals surface area contributed by atoms with Crippen molar-refractivity contribution in [3.8, 4) is 0 Å². The lowest BCUT2D eigenvalue weighted by molar-refractivity contribution is 0.149. The quantitative estimate of drug-likeness (QED) is 0.582. The summed E-state index contributed by atoms with van der Waals surface area (Å²) in [5.41, 5.74) is 4.10. The zero-order chi connectivity index (χ0) is 12.7. The highest BCUT2D eigenvalue weighted by atomic mass is 35.5. The fourth-order valence-corrected chi connectivity index (χ4v) is 2.08. The number of methoxy groups -OCH3 is 1. The van der Waals surface area contributed by atoms with E-state index < -0.39 is 0 Å². The molecule has 0 radical (unpaired) electrons. The predicted octanol–water partition coefficient (Wildman–Crippen LogP) is 2.39. The van der Waals surface area contributed by atoms with Crippen molar-refractivity contribution in [3.05, 3.63) is 34.9 Å². The van der Waals surface area contributed by atoms with E-state index in [1.54, 1.807) is 7.11 Å². The normalized spacial score (nSPS) is 14.6. The van der Waals surface area contributed by atoms with Crippen molar-refractivity contribution in [1.82, 2.24) is 5.43 Å². The summed E-state index contributed by atoms with van der Waals surface area (Å²) in [5.74, 6) is 6.07. The number of nitrogens with one attached hydrogen (secondary N) is 1. The second kappa shape index (κ2) is 7.67. The SMILES string of the molecule is COCC(C)CC(Cc1ccc(Cl)cc1)NN. The maximum Gasteiger partial charge on any atom is 0.0488 e. The van der Waals surface area contributed by atoms with Crippen molar-refractivity contribution in [2.24, 2.45) is 11.8 Å². The highest BCUT2D eigenvalue weighted by Gasteiger charge is 2.12. The standard InChI is InChI=1S/C13H21ClN2O/c1-10(9-17-2)7-13(16-15)8-11-3-5-12(14)6-4-11/h3-6,10,13,16H,7-9,15H2,1-2H3. The Morgan fingerprint density at radius 3 is 2.53 bits per heavy atom. The maximum absolute atomic E-state index is 5.85. The van der Waals surface area contributed by atoms with E-state index >= 15 is 0 Å². The Kier molecular flexibility index (Phi) is 6.52. The van der Waals surface area contributed by atoms with E-state index in [1.165, 1.54) is 5.56 Å². The van der Waals surface area contributed by atoms with Crippen molar-refractivity contribution < 1.29 is 4.74 Å². The van der Waals surface area contributed by atoms with Gasteiger partial charge in [-0.15, -0.1) is 0 Å².